The lowest BCUT2D eigenvalue weighted by Gasteiger charge is -2.10. The topological polar surface area (TPSA) is 64.4 Å². The molecule has 0 saturated carbocycles. The van der Waals surface area contributed by atoms with Gasteiger partial charge in [-0.3, -0.25) is 4.79 Å². The molecule has 1 N–H and O–H groups in total. The monoisotopic (exact) mass is 392 g/mol. The van der Waals surface area contributed by atoms with Gasteiger partial charge in [-0.05, 0) is 43.7 Å². The number of hydrogen-bond acceptors (Lipinski definition) is 4. The number of hydrogen-bond donors (Lipinski definition) is 1. The molecule has 0 aliphatic rings. The number of anilines is 1. The number of nitrogens with one attached hydrogen (secondary N) is 1. The lowest BCUT2D eigenvalue weighted by molar-refractivity contribution is 0.101. The summed E-state index contributed by atoms with van der Waals surface area (Å²) in [4.78, 5) is 12.6. The summed E-state index contributed by atoms with van der Waals surface area (Å²) in [5.74, 6) is -1.86. The molecule has 0 atom stereocenters. The molecule has 2 aromatic carbocycles. The molecule has 1 amide bonds. The highest BCUT2D eigenvalue weighted by molar-refractivity contribution is 6.31. The van der Waals surface area contributed by atoms with Crippen LogP contribution in [0, 0.1) is 25.5 Å². The fourth-order valence-electron chi connectivity index (χ4n) is 2.39. The molecule has 0 aliphatic heterocycles. The van der Waals surface area contributed by atoms with Crippen LogP contribution < -0.4 is 10.1 Å². The number of aryl methyl sites for hydroxylation is 2. The SMILES string of the molecule is Cc1ccc(Cl)cc1NC(=O)c1noc(C)c1COc1ccc(F)cc1F. The number of carbonyl (C=O) groups excluding carboxylic acids is 1. The molecule has 1 aromatic heterocycles. The molecule has 0 saturated heterocycles. The third kappa shape index (κ3) is 4.25. The van der Waals surface area contributed by atoms with E-state index in [2.05, 4.69) is 10.5 Å². The van der Waals surface area contributed by atoms with Crippen molar-refractivity contribution in [1.29, 1.82) is 0 Å². The summed E-state index contributed by atoms with van der Waals surface area (Å²) in [6.07, 6.45) is 0. The molecule has 0 fully saturated rings. The van der Waals surface area contributed by atoms with Gasteiger partial charge >= 0.3 is 0 Å². The fraction of sp³-hybridized carbons (Fsp3) is 0.158. The van der Waals surface area contributed by atoms with Crippen LogP contribution >= 0.6 is 11.6 Å². The summed E-state index contributed by atoms with van der Waals surface area (Å²) >= 11 is 5.96. The van der Waals surface area contributed by atoms with E-state index in [1.165, 1.54) is 6.07 Å². The number of benzene rings is 2. The molecule has 1 heterocycles. The van der Waals surface area contributed by atoms with Crippen molar-refractivity contribution in [3.05, 3.63) is 75.6 Å². The van der Waals surface area contributed by atoms with Gasteiger partial charge in [0.1, 0.15) is 18.2 Å². The quantitative estimate of drug-likeness (QED) is 0.659. The largest absolute Gasteiger partial charge is 0.486 e. The lowest BCUT2D eigenvalue weighted by atomic mass is 10.1. The van der Waals surface area contributed by atoms with Gasteiger partial charge in [0.05, 0.1) is 5.56 Å². The van der Waals surface area contributed by atoms with Gasteiger partial charge < -0.3 is 14.6 Å². The summed E-state index contributed by atoms with van der Waals surface area (Å²) in [6.45, 7) is 3.25. The van der Waals surface area contributed by atoms with Gasteiger partial charge in [0.2, 0.25) is 0 Å². The van der Waals surface area contributed by atoms with Crippen molar-refractivity contribution < 1.29 is 22.8 Å². The molecule has 5 nitrogen and oxygen atoms in total. The number of amides is 1. The minimum atomic E-state index is -0.843. The van der Waals surface area contributed by atoms with Crippen molar-refractivity contribution in [2.45, 2.75) is 20.5 Å². The zero-order valence-corrected chi connectivity index (χ0v) is 15.2. The summed E-state index contributed by atoms with van der Waals surface area (Å²) in [7, 11) is 0. The highest BCUT2D eigenvalue weighted by atomic mass is 35.5. The number of halogens is 3. The van der Waals surface area contributed by atoms with Gasteiger partial charge in [-0.15, -0.1) is 0 Å². The molecule has 0 bridgehead atoms. The Kier molecular flexibility index (Phi) is 5.41. The van der Waals surface area contributed by atoms with E-state index in [-0.39, 0.29) is 18.1 Å². The molecule has 3 aromatic rings. The molecule has 0 unspecified atom stereocenters. The molecule has 0 radical (unpaired) electrons. The van der Waals surface area contributed by atoms with Crippen LogP contribution in [0.1, 0.15) is 27.4 Å². The van der Waals surface area contributed by atoms with Crippen LogP contribution in [0.4, 0.5) is 14.5 Å². The predicted molar refractivity (Wildman–Crippen MR) is 96.1 cm³/mol. The average molecular weight is 393 g/mol. The Balaban J connectivity index is 1.79. The Morgan fingerprint density at radius 2 is 2.00 bits per heavy atom. The third-order valence-electron chi connectivity index (χ3n) is 3.91. The average Bonchev–Trinajstić information content (AvgIpc) is 2.98. The molecule has 27 heavy (non-hydrogen) atoms. The van der Waals surface area contributed by atoms with E-state index < -0.39 is 17.5 Å². The molecular formula is C19H15ClF2N2O3. The smallest absolute Gasteiger partial charge is 0.278 e. The maximum Gasteiger partial charge on any atom is 0.278 e. The van der Waals surface area contributed by atoms with Crippen LogP contribution in [0.3, 0.4) is 0 Å². The second kappa shape index (κ2) is 7.75. The molecule has 0 spiro atoms. The summed E-state index contributed by atoms with van der Waals surface area (Å²) in [5.41, 5.74) is 1.72. The summed E-state index contributed by atoms with van der Waals surface area (Å²) < 4.78 is 37.1. The molecule has 0 aliphatic carbocycles. The number of rotatable bonds is 5. The van der Waals surface area contributed by atoms with Crippen LogP contribution in [-0.2, 0) is 6.61 Å². The van der Waals surface area contributed by atoms with E-state index in [0.29, 0.717) is 28.1 Å². The van der Waals surface area contributed by atoms with Crippen LogP contribution in [-0.4, -0.2) is 11.1 Å². The third-order valence-corrected chi connectivity index (χ3v) is 4.15. The predicted octanol–water partition coefficient (Wildman–Crippen LogP) is 5.05. The Hall–Kier alpha value is -2.93. The van der Waals surface area contributed by atoms with E-state index in [9.17, 15) is 13.6 Å². The van der Waals surface area contributed by atoms with Crippen LogP contribution in [0.5, 0.6) is 5.75 Å². The maximum atomic E-state index is 13.7. The van der Waals surface area contributed by atoms with Gasteiger partial charge in [-0.1, -0.05) is 22.8 Å². The Bertz CT molecular complexity index is 1000. The first-order chi connectivity index (χ1) is 12.8. The Morgan fingerprint density at radius 3 is 2.74 bits per heavy atom. The maximum absolute atomic E-state index is 13.7. The second-order valence-corrected chi connectivity index (χ2v) is 6.28. The van der Waals surface area contributed by atoms with Gasteiger partial charge in [0, 0.05) is 16.8 Å². The fourth-order valence-corrected chi connectivity index (χ4v) is 2.56. The molecular weight excluding hydrogens is 378 g/mol. The van der Waals surface area contributed by atoms with Gasteiger partial charge in [0.15, 0.2) is 17.3 Å². The lowest BCUT2D eigenvalue weighted by Crippen LogP contribution is -2.16. The van der Waals surface area contributed by atoms with E-state index in [1.54, 1.807) is 25.1 Å². The Morgan fingerprint density at radius 1 is 1.22 bits per heavy atom. The first kappa shape index (κ1) is 18.8. The normalized spacial score (nSPS) is 10.7. The summed E-state index contributed by atoms with van der Waals surface area (Å²) in [5, 5.41) is 6.95. The van der Waals surface area contributed by atoms with Crippen molar-refractivity contribution in [3.8, 4) is 5.75 Å². The number of ether oxygens (including phenoxy) is 1. The minimum Gasteiger partial charge on any atom is -0.486 e. The van der Waals surface area contributed by atoms with E-state index in [1.807, 2.05) is 6.92 Å². The zero-order chi connectivity index (χ0) is 19.6. The van der Waals surface area contributed by atoms with E-state index in [4.69, 9.17) is 20.9 Å². The van der Waals surface area contributed by atoms with Crippen molar-refractivity contribution in [2.24, 2.45) is 0 Å². The van der Waals surface area contributed by atoms with Crippen LogP contribution in [0.15, 0.2) is 40.9 Å². The molecule has 8 heteroatoms. The number of carbonyl (C=O) groups is 1. The zero-order valence-electron chi connectivity index (χ0n) is 14.5. The summed E-state index contributed by atoms with van der Waals surface area (Å²) in [6, 6.07) is 8.06. The second-order valence-electron chi connectivity index (χ2n) is 5.84. The van der Waals surface area contributed by atoms with Gasteiger partial charge in [-0.25, -0.2) is 8.78 Å². The standard InChI is InChI=1S/C19H15ClF2N2O3/c1-10-3-4-12(20)7-16(10)23-19(25)18-14(11(2)27-24-18)9-26-17-6-5-13(21)8-15(17)22/h3-8H,9H2,1-2H3,(H,23,25). The highest BCUT2D eigenvalue weighted by Gasteiger charge is 2.21. The van der Waals surface area contributed by atoms with E-state index >= 15 is 0 Å². The molecule has 3 rings (SSSR count). The van der Waals surface area contributed by atoms with Crippen molar-refractivity contribution in [1.82, 2.24) is 5.16 Å². The van der Waals surface area contributed by atoms with Crippen molar-refractivity contribution in [2.75, 3.05) is 5.32 Å². The highest BCUT2D eigenvalue weighted by Crippen LogP contribution is 2.24. The first-order valence-corrected chi connectivity index (χ1v) is 8.33. The number of aromatic nitrogens is 1. The number of nitrogens with zero attached hydrogens (tertiary/aromatic N) is 1. The van der Waals surface area contributed by atoms with Crippen molar-refractivity contribution in [3.63, 3.8) is 0 Å². The molecule has 140 valence electrons. The van der Waals surface area contributed by atoms with Crippen LogP contribution in [0.25, 0.3) is 0 Å². The van der Waals surface area contributed by atoms with Gasteiger partial charge in [-0.2, -0.15) is 0 Å². The van der Waals surface area contributed by atoms with Gasteiger partial charge in [0.25, 0.3) is 5.91 Å². The van der Waals surface area contributed by atoms with Crippen molar-refractivity contribution >= 4 is 23.2 Å². The first-order valence-electron chi connectivity index (χ1n) is 7.95. The van der Waals surface area contributed by atoms with E-state index in [0.717, 1.165) is 11.6 Å². The minimum absolute atomic E-state index is 0.00870. The van der Waals surface area contributed by atoms with Crippen LogP contribution in [0.2, 0.25) is 5.02 Å². The Labute approximate surface area is 158 Å².